The Morgan fingerprint density at radius 1 is 1.44 bits per heavy atom. The smallest absolute Gasteiger partial charge is 0.251 e. The molecule has 0 aliphatic carbocycles. The Kier molecular flexibility index (Phi) is 6.31. The summed E-state index contributed by atoms with van der Waals surface area (Å²) in [4.78, 5) is 11.9. The molecule has 0 aliphatic rings. The highest BCUT2D eigenvalue weighted by Gasteiger charge is 2.12. The summed E-state index contributed by atoms with van der Waals surface area (Å²) in [5.41, 5.74) is 5.70. The van der Waals surface area contributed by atoms with Crippen molar-refractivity contribution in [3.05, 3.63) is 29.8 Å². The van der Waals surface area contributed by atoms with Crippen molar-refractivity contribution in [2.45, 2.75) is 17.9 Å². The molecule has 1 amide bonds. The Balaban J connectivity index is 0.00000289. The number of carbonyl (C=O) groups excluding carboxylic acids is 1. The molecule has 7 heteroatoms. The summed E-state index contributed by atoms with van der Waals surface area (Å²) < 4.78 is 22.7. The van der Waals surface area contributed by atoms with E-state index in [0.29, 0.717) is 12.1 Å². The van der Waals surface area contributed by atoms with Gasteiger partial charge < -0.3 is 11.1 Å². The van der Waals surface area contributed by atoms with Crippen LogP contribution in [0.5, 0.6) is 0 Å². The van der Waals surface area contributed by atoms with E-state index in [4.69, 9.17) is 5.73 Å². The molecule has 0 radical (unpaired) electrons. The molecule has 0 saturated heterocycles. The molecule has 18 heavy (non-hydrogen) atoms. The van der Waals surface area contributed by atoms with Crippen LogP contribution in [0.15, 0.2) is 29.2 Å². The van der Waals surface area contributed by atoms with Gasteiger partial charge >= 0.3 is 0 Å². The third-order valence-corrected chi connectivity index (χ3v) is 3.37. The summed E-state index contributed by atoms with van der Waals surface area (Å²) in [6.45, 7) is 2.11. The van der Waals surface area contributed by atoms with E-state index in [2.05, 4.69) is 5.32 Å². The molecule has 1 atom stereocenters. The summed E-state index contributed by atoms with van der Waals surface area (Å²) >= 11 is 0. The number of hydrogen-bond acceptors (Lipinski definition) is 4. The summed E-state index contributed by atoms with van der Waals surface area (Å²) in [7, 11) is -3.30. The Morgan fingerprint density at radius 2 is 2.06 bits per heavy atom. The molecule has 0 spiro atoms. The lowest BCUT2D eigenvalue weighted by Crippen LogP contribution is -2.37. The first-order valence-electron chi connectivity index (χ1n) is 5.15. The largest absolute Gasteiger partial charge is 0.348 e. The number of hydrogen-bond donors (Lipinski definition) is 2. The minimum Gasteiger partial charge on any atom is -0.348 e. The highest BCUT2D eigenvalue weighted by atomic mass is 35.5. The monoisotopic (exact) mass is 292 g/mol. The van der Waals surface area contributed by atoms with Crippen molar-refractivity contribution < 1.29 is 13.2 Å². The number of sulfone groups is 1. The molecule has 1 aromatic rings. The van der Waals surface area contributed by atoms with Crippen molar-refractivity contribution in [2.75, 3.05) is 12.8 Å². The van der Waals surface area contributed by atoms with Crippen LogP contribution in [0.1, 0.15) is 17.3 Å². The quantitative estimate of drug-likeness (QED) is 0.850. The van der Waals surface area contributed by atoms with Gasteiger partial charge in [0, 0.05) is 24.4 Å². The second-order valence-electron chi connectivity index (χ2n) is 3.91. The predicted molar refractivity (Wildman–Crippen MR) is 72.8 cm³/mol. The fourth-order valence-corrected chi connectivity index (χ4v) is 1.90. The maximum Gasteiger partial charge on any atom is 0.251 e. The van der Waals surface area contributed by atoms with Gasteiger partial charge in [-0.25, -0.2) is 8.42 Å². The zero-order valence-electron chi connectivity index (χ0n) is 10.2. The van der Waals surface area contributed by atoms with Gasteiger partial charge in [0.1, 0.15) is 0 Å². The van der Waals surface area contributed by atoms with E-state index in [1.165, 1.54) is 12.1 Å². The molecule has 102 valence electrons. The Labute approximate surface area is 113 Å². The molecule has 1 aromatic carbocycles. The highest BCUT2D eigenvalue weighted by molar-refractivity contribution is 7.90. The van der Waals surface area contributed by atoms with Crippen LogP contribution in [0.3, 0.4) is 0 Å². The molecular formula is C11H17ClN2O3S. The molecule has 0 aliphatic heterocycles. The van der Waals surface area contributed by atoms with Crippen molar-refractivity contribution in [1.82, 2.24) is 5.32 Å². The molecule has 0 fully saturated rings. The van der Waals surface area contributed by atoms with Gasteiger partial charge in [0.25, 0.3) is 5.91 Å². The maximum atomic E-state index is 11.7. The van der Waals surface area contributed by atoms with Crippen molar-refractivity contribution in [1.29, 1.82) is 0 Å². The fourth-order valence-electron chi connectivity index (χ4n) is 1.23. The number of nitrogens with two attached hydrogens (primary N) is 1. The minimum absolute atomic E-state index is 0. The van der Waals surface area contributed by atoms with E-state index in [1.807, 2.05) is 0 Å². The van der Waals surface area contributed by atoms with Gasteiger partial charge in [-0.3, -0.25) is 4.79 Å². The van der Waals surface area contributed by atoms with Crippen LogP contribution < -0.4 is 11.1 Å². The van der Waals surface area contributed by atoms with E-state index in [1.54, 1.807) is 19.1 Å². The maximum absolute atomic E-state index is 11.7. The summed E-state index contributed by atoms with van der Waals surface area (Å²) in [5.74, 6) is -0.326. The summed E-state index contributed by atoms with van der Waals surface area (Å²) in [6, 6.07) is 5.77. The van der Waals surface area contributed by atoms with Crippen LogP contribution in [-0.4, -0.2) is 33.2 Å². The van der Waals surface area contributed by atoms with Gasteiger partial charge in [-0.1, -0.05) is 6.07 Å². The molecule has 1 rings (SSSR count). The zero-order chi connectivity index (χ0) is 13.1. The first-order chi connectivity index (χ1) is 7.84. The van der Waals surface area contributed by atoms with Crippen LogP contribution in [0, 0.1) is 0 Å². The van der Waals surface area contributed by atoms with Gasteiger partial charge in [-0.2, -0.15) is 0 Å². The van der Waals surface area contributed by atoms with Crippen LogP contribution in [-0.2, 0) is 9.84 Å². The van der Waals surface area contributed by atoms with Gasteiger partial charge in [-0.05, 0) is 25.1 Å². The number of nitrogens with one attached hydrogen (secondary N) is 1. The SMILES string of the molecule is C[C@H](CN)NC(=O)c1cccc(S(C)(=O)=O)c1.Cl. The van der Waals surface area contributed by atoms with Crippen LogP contribution in [0.4, 0.5) is 0 Å². The number of halogens is 1. The second-order valence-corrected chi connectivity index (χ2v) is 5.93. The van der Waals surface area contributed by atoms with Gasteiger partial charge in [0.2, 0.25) is 0 Å². The van der Waals surface area contributed by atoms with Crippen LogP contribution in [0.25, 0.3) is 0 Å². The Bertz CT molecular complexity index is 517. The van der Waals surface area contributed by atoms with E-state index < -0.39 is 9.84 Å². The lowest BCUT2D eigenvalue weighted by molar-refractivity contribution is 0.0941. The first-order valence-corrected chi connectivity index (χ1v) is 7.05. The first kappa shape index (κ1) is 16.9. The van der Waals surface area contributed by atoms with Crippen molar-refractivity contribution >= 4 is 28.2 Å². The normalized spacial score (nSPS) is 12.4. The van der Waals surface area contributed by atoms with Gasteiger partial charge in [-0.15, -0.1) is 12.4 Å². The average Bonchev–Trinajstić information content (AvgIpc) is 2.28. The number of amides is 1. The van der Waals surface area contributed by atoms with Crippen LogP contribution >= 0.6 is 12.4 Å². The average molecular weight is 293 g/mol. The topological polar surface area (TPSA) is 89.3 Å². The van der Waals surface area contributed by atoms with Gasteiger partial charge in [0.15, 0.2) is 9.84 Å². The number of benzene rings is 1. The molecule has 0 aromatic heterocycles. The fraction of sp³-hybridized carbons (Fsp3) is 0.364. The van der Waals surface area contributed by atoms with E-state index in [-0.39, 0.29) is 29.3 Å². The standard InChI is InChI=1S/C11H16N2O3S.ClH/c1-8(7-12)13-11(14)9-4-3-5-10(6-9)17(2,15)16;/h3-6,8H,7,12H2,1-2H3,(H,13,14);1H/t8-;/m1./s1. The summed E-state index contributed by atoms with van der Waals surface area (Å²) in [5, 5.41) is 2.67. The van der Waals surface area contributed by atoms with Crippen LogP contribution in [0.2, 0.25) is 0 Å². The Hall–Kier alpha value is -1.11. The molecule has 3 N–H and O–H groups in total. The predicted octanol–water partition coefficient (Wildman–Crippen LogP) is 0.589. The van der Waals surface area contributed by atoms with E-state index in [9.17, 15) is 13.2 Å². The lowest BCUT2D eigenvalue weighted by atomic mass is 10.2. The van der Waals surface area contributed by atoms with E-state index in [0.717, 1.165) is 6.26 Å². The number of rotatable bonds is 4. The molecular weight excluding hydrogens is 276 g/mol. The minimum atomic E-state index is -3.30. The summed E-state index contributed by atoms with van der Waals surface area (Å²) in [6.07, 6.45) is 1.10. The molecule has 0 heterocycles. The second kappa shape index (κ2) is 6.72. The Morgan fingerprint density at radius 3 is 2.56 bits per heavy atom. The molecule has 5 nitrogen and oxygen atoms in total. The molecule has 0 saturated carbocycles. The van der Waals surface area contributed by atoms with Gasteiger partial charge in [0.05, 0.1) is 4.90 Å². The van der Waals surface area contributed by atoms with E-state index >= 15 is 0 Å². The lowest BCUT2D eigenvalue weighted by Gasteiger charge is -2.11. The van der Waals surface area contributed by atoms with Crippen molar-refractivity contribution in [3.63, 3.8) is 0 Å². The zero-order valence-corrected chi connectivity index (χ0v) is 11.8. The molecule has 0 unspecified atom stereocenters. The molecule has 0 bridgehead atoms. The van der Waals surface area contributed by atoms with Crippen molar-refractivity contribution in [2.24, 2.45) is 5.73 Å². The third kappa shape index (κ3) is 4.64. The van der Waals surface area contributed by atoms with Crippen molar-refractivity contribution in [3.8, 4) is 0 Å². The highest BCUT2D eigenvalue weighted by Crippen LogP contribution is 2.11. The number of carbonyl (C=O) groups is 1. The third-order valence-electron chi connectivity index (χ3n) is 2.26.